The van der Waals surface area contributed by atoms with Gasteiger partial charge >= 0.3 is 0 Å². The molecule has 0 N–H and O–H groups in total. The molecule has 0 saturated carbocycles. The number of alkyl halides is 1. The van der Waals surface area contributed by atoms with Crippen LogP contribution in [-0.2, 0) is 0 Å². The summed E-state index contributed by atoms with van der Waals surface area (Å²) in [6, 6.07) is 12.5. The van der Waals surface area contributed by atoms with Crippen LogP contribution in [-0.4, -0.2) is 18.5 Å². The number of hydrogen-bond acceptors (Lipinski definition) is 2. The summed E-state index contributed by atoms with van der Waals surface area (Å²) in [6.07, 6.45) is 11.2. The highest BCUT2D eigenvalue weighted by Gasteiger charge is 2.07. The fourth-order valence-electron chi connectivity index (χ4n) is 3.12. The van der Waals surface area contributed by atoms with E-state index in [2.05, 4.69) is 59.3 Å². The van der Waals surface area contributed by atoms with Gasteiger partial charge < -0.3 is 9.47 Å². The van der Waals surface area contributed by atoms with Crippen LogP contribution in [0.4, 0.5) is 0 Å². The van der Waals surface area contributed by atoms with Crippen LogP contribution in [0.15, 0.2) is 36.4 Å². The summed E-state index contributed by atoms with van der Waals surface area (Å²) in [4.78, 5) is 0. The molecule has 0 bridgehead atoms. The summed E-state index contributed by atoms with van der Waals surface area (Å²) in [5.41, 5.74) is 0. The summed E-state index contributed by atoms with van der Waals surface area (Å²) in [5.74, 6) is 1.94. The number of benzene rings is 2. The molecule has 0 unspecified atom stereocenters. The third-order valence-electron chi connectivity index (χ3n) is 4.64. The fraction of sp³-hybridized carbons (Fsp3) is 0.565. The molecule has 0 aliphatic carbocycles. The topological polar surface area (TPSA) is 18.5 Å². The molecule has 0 radical (unpaired) electrons. The zero-order valence-corrected chi connectivity index (χ0v) is 17.7. The first kappa shape index (κ1) is 21.1. The molecule has 0 aromatic heterocycles. The van der Waals surface area contributed by atoms with Crippen molar-refractivity contribution in [2.45, 2.75) is 64.7 Å². The van der Waals surface area contributed by atoms with E-state index in [0.29, 0.717) is 0 Å². The minimum Gasteiger partial charge on any atom is -0.493 e. The predicted octanol–water partition coefficient (Wildman–Crippen LogP) is 7.52. The van der Waals surface area contributed by atoms with Gasteiger partial charge in [0.15, 0.2) is 0 Å². The third-order valence-corrected chi connectivity index (χ3v) is 5.20. The lowest BCUT2D eigenvalue weighted by atomic mass is 10.1. The first-order valence-corrected chi connectivity index (χ1v) is 11.3. The highest BCUT2D eigenvalue weighted by Crippen LogP contribution is 2.33. The Balaban J connectivity index is 1.87. The smallest absolute Gasteiger partial charge is 0.127 e. The molecule has 2 rings (SSSR count). The van der Waals surface area contributed by atoms with Crippen molar-refractivity contribution in [3.8, 4) is 11.5 Å². The number of hydrogen-bond donors (Lipinski definition) is 0. The van der Waals surface area contributed by atoms with Gasteiger partial charge in [0.2, 0.25) is 0 Å². The van der Waals surface area contributed by atoms with Crippen LogP contribution < -0.4 is 9.47 Å². The van der Waals surface area contributed by atoms with Crippen LogP contribution in [0.2, 0.25) is 0 Å². The predicted molar refractivity (Wildman–Crippen MR) is 116 cm³/mol. The molecule has 0 saturated heterocycles. The first-order chi connectivity index (χ1) is 12.9. The lowest BCUT2D eigenvalue weighted by Gasteiger charge is -2.13. The Labute approximate surface area is 167 Å². The second-order valence-corrected chi connectivity index (χ2v) is 7.61. The van der Waals surface area contributed by atoms with Crippen molar-refractivity contribution in [2.75, 3.05) is 18.5 Å². The van der Waals surface area contributed by atoms with Crippen LogP contribution >= 0.6 is 15.9 Å². The van der Waals surface area contributed by atoms with Crippen LogP contribution in [0.25, 0.3) is 10.8 Å². The van der Waals surface area contributed by atoms with E-state index in [-0.39, 0.29) is 0 Å². The molecular weight excluding hydrogens is 388 g/mol. The normalized spacial score (nSPS) is 11.0. The highest BCUT2D eigenvalue weighted by atomic mass is 79.9. The molecule has 3 heteroatoms. The lowest BCUT2D eigenvalue weighted by molar-refractivity contribution is 0.302. The Morgan fingerprint density at radius 1 is 0.654 bits per heavy atom. The second kappa shape index (κ2) is 13.0. The van der Waals surface area contributed by atoms with Crippen LogP contribution in [0.1, 0.15) is 64.7 Å². The molecule has 2 aromatic rings. The average molecular weight is 421 g/mol. The minimum absolute atomic E-state index is 0.773. The van der Waals surface area contributed by atoms with Gasteiger partial charge in [-0.1, -0.05) is 79.2 Å². The molecule has 0 aliphatic rings. The van der Waals surface area contributed by atoms with Gasteiger partial charge in [-0.05, 0) is 37.8 Å². The van der Waals surface area contributed by atoms with Gasteiger partial charge in [0.05, 0.1) is 13.2 Å². The van der Waals surface area contributed by atoms with E-state index in [1.807, 2.05) is 0 Å². The third kappa shape index (κ3) is 7.19. The molecule has 2 aromatic carbocycles. The van der Waals surface area contributed by atoms with Gasteiger partial charge in [0, 0.05) is 16.1 Å². The molecule has 0 fully saturated rings. The molecule has 0 heterocycles. The quantitative estimate of drug-likeness (QED) is 0.232. The van der Waals surface area contributed by atoms with Gasteiger partial charge in [-0.15, -0.1) is 0 Å². The van der Waals surface area contributed by atoms with E-state index in [4.69, 9.17) is 9.47 Å². The van der Waals surface area contributed by atoms with E-state index in [1.54, 1.807) is 0 Å². The van der Waals surface area contributed by atoms with Gasteiger partial charge in [-0.2, -0.15) is 0 Å². The first-order valence-electron chi connectivity index (χ1n) is 10.2. The Morgan fingerprint density at radius 3 is 1.69 bits per heavy atom. The van der Waals surface area contributed by atoms with Crippen molar-refractivity contribution in [2.24, 2.45) is 0 Å². The summed E-state index contributed by atoms with van der Waals surface area (Å²) in [6.45, 7) is 3.82. The van der Waals surface area contributed by atoms with Crippen molar-refractivity contribution < 1.29 is 9.47 Å². The summed E-state index contributed by atoms with van der Waals surface area (Å²) in [7, 11) is 0. The van der Waals surface area contributed by atoms with Gasteiger partial charge in [0.25, 0.3) is 0 Å². The maximum absolute atomic E-state index is 6.08. The minimum atomic E-state index is 0.773. The number of fused-ring (bicyclic) bond motifs is 1. The van der Waals surface area contributed by atoms with Crippen LogP contribution in [0.5, 0.6) is 11.5 Å². The second-order valence-electron chi connectivity index (χ2n) is 6.82. The van der Waals surface area contributed by atoms with Crippen molar-refractivity contribution in [1.29, 1.82) is 0 Å². The molecule has 0 aliphatic heterocycles. The monoisotopic (exact) mass is 420 g/mol. The van der Waals surface area contributed by atoms with E-state index in [9.17, 15) is 0 Å². The Hall–Kier alpha value is -1.22. The van der Waals surface area contributed by atoms with Gasteiger partial charge in [0.1, 0.15) is 11.5 Å². The number of halogens is 1. The van der Waals surface area contributed by atoms with E-state index in [1.165, 1.54) is 44.9 Å². The summed E-state index contributed by atoms with van der Waals surface area (Å²) >= 11 is 3.47. The summed E-state index contributed by atoms with van der Waals surface area (Å²) in [5, 5.41) is 3.37. The molecule has 144 valence electrons. The Kier molecular flexibility index (Phi) is 10.6. The van der Waals surface area contributed by atoms with Crippen LogP contribution in [0, 0.1) is 0 Å². The zero-order valence-electron chi connectivity index (χ0n) is 16.1. The van der Waals surface area contributed by atoms with Crippen molar-refractivity contribution in [3.05, 3.63) is 36.4 Å². The average Bonchev–Trinajstić information content (AvgIpc) is 2.68. The van der Waals surface area contributed by atoms with Crippen molar-refractivity contribution in [3.63, 3.8) is 0 Å². The summed E-state index contributed by atoms with van der Waals surface area (Å²) < 4.78 is 12.1. The maximum atomic E-state index is 6.08. The Morgan fingerprint density at radius 2 is 1.15 bits per heavy atom. The van der Waals surface area contributed by atoms with E-state index in [0.717, 1.165) is 53.7 Å². The van der Waals surface area contributed by atoms with Gasteiger partial charge in [-0.25, -0.2) is 0 Å². The largest absolute Gasteiger partial charge is 0.493 e. The molecule has 2 nitrogen and oxygen atoms in total. The van der Waals surface area contributed by atoms with E-state index < -0.39 is 0 Å². The standard InChI is InChI=1S/C23H33BrO2/c1-2-3-4-5-6-11-18-25-22-15-16-23(26-19-12-7-10-17-24)21-14-9-8-13-20(21)22/h8-9,13-16H,2-7,10-12,17-19H2,1H3. The van der Waals surface area contributed by atoms with Crippen molar-refractivity contribution in [1.82, 2.24) is 0 Å². The maximum Gasteiger partial charge on any atom is 0.127 e. The number of unbranched alkanes of at least 4 members (excludes halogenated alkanes) is 7. The highest BCUT2D eigenvalue weighted by molar-refractivity contribution is 9.09. The molecule has 0 atom stereocenters. The molecule has 0 spiro atoms. The number of ether oxygens (including phenoxy) is 2. The zero-order chi connectivity index (χ0) is 18.5. The van der Waals surface area contributed by atoms with Crippen LogP contribution in [0.3, 0.4) is 0 Å². The van der Waals surface area contributed by atoms with Crippen molar-refractivity contribution >= 4 is 26.7 Å². The SMILES string of the molecule is CCCCCCCCOc1ccc(OCCCCCBr)c2ccccc12. The lowest BCUT2D eigenvalue weighted by Crippen LogP contribution is -2.00. The number of rotatable bonds is 14. The molecule has 0 amide bonds. The molecule has 26 heavy (non-hydrogen) atoms. The van der Waals surface area contributed by atoms with Gasteiger partial charge in [-0.3, -0.25) is 0 Å². The molecular formula is C23H33BrO2. The van der Waals surface area contributed by atoms with E-state index >= 15 is 0 Å². The fourth-order valence-corrected chi connectivity index (χ4v) is 3.51. The Bertz CT molecular complexity index is 627.